The Kier molecular flexibility index (Phi) is 2.99. The Morgan fingerprint density at radius 2 is 2.11 bits per heavy atom. The van der Waals surface area contributed by atoms with Gasteiger partial charge in [0.25, 0.3) is 0 Å². The van der Waals surface area contributed by atoms with Gasteiger partial charge in [-0.1, -0.05) is 24.3 Å². The standard InChI is InChI=1S/C15H17N3O/c1-10-5-2-3-6-11(10)12-9-13(18-15(16)17-12)14-7-4-8-19-14/h2-8,12-13H,9H2,1H3,(H3,16,17,18). The fraction of sp³-hybridized carbons (Fsp3) is 0.267. The summed E-state index contributed by atoms with van der Waals surface area (Å²) in [4.78, 5) is 4.52. The second kappa shape index (κ2) is 4.80. The molecular weight excluding hydrogens is 238 g/mol. The van der Waals surface area contributed by atoms with Crippen molar-refractivity contribution < 1.29 is 4.42 Å². The second-order valence-electron chi connectivity index (χ2n) is 4.83. The zero-order valence-corrected chi connectivity index (χ0v) is 10.8. The molecule has 0 spiro atoms. The van der Waals surface area contributed by atoms with Crippen LogP contribution >= 0.6 is 0 Å². The predicted octanol–water partition coefficient (Wildman–Crippen LogP) is 2.68. The van der Waals surface area contributed by atoms with Gasteiger partial charge in [-0.05, 0) is 30.2 Å². The van der Waals surface area contributed by atoms with Crippen LogP contribution in [0.25, 0.3) is 0 Å². The summed E-state index contributed by atoms with van der Waals surface area (Å²) < 4.78 is 5.46. The van der Waals surface area contributed by atoms with Crippen molar-refractivity contribution in [2.45, 2.75) is 25.4 Å². The van der Waals surface area contributed by atoms with E-state index >= 15 is 0 Å². The Morgan fingerprint density at radius 1 is 1.26 bits per heavy atom. The molecule has 2 heterocycles. The number of guanidine groups is 1. The highest BCUT2D eigenvalue weighted by Crippen LogP contribution is 2.33. The average Bonchev–Trinajstić information content (AvgIpc) is 2.92. The lowest BCUT2D eigenvalue weighted by molar-refractivity contribution is 0.395. The van der Waals surface area contributed by atoms with Gasteiger partial charge in [-0.25, -0.2) is 4.99 Å². The molecular formula is C15H17N3O. The molecule has 1 aromatic heterocycles. The van der Waals surface area contributed by atoms with E-state index in [0.29, 0.717) is 5.96 Å². The molecule has 1 aromatic carbocycles. The van der Waals surface area contributed by atoms with Crippen LogP contribution in [0.3, 0.4) is 0 Å². The van der Waals surface area contributed by atoms with Gasteiger partial charge in [0, 0.05) is 6.42 Å². The average molecular weight is 255 g/mol. The summed E-state index contributed by atoms with van der Waals surface area (Å²) in [5, 5.41) is 3.17. The fourth-order valence-electron chi connectivity index (χ4n) is 2.55. The van der Waals surface area contributed by atoms with E-state index in [1.165, 1.54) is 11.1 Å². The molecule has 0 saturated heterocycles. The van der Waals surface area contributed by atoms with Gasteiger partial charge in [0.15, 0.2) is 5.96 Å². The number of rotatable bonds is 2. The largest absolute Gasteiger partial charge is 0.467 e. The maximum atomic E-state index is 5.91. The number of hydrogen-bond acceptors (Lipinski definition) is 4. The Labute approximate surface area is 112 Å². The minimum Gasteiger partial charge on any atom is -0.467 e. The van der Waals surface area contributed by atoms with Crippen LogP contribution in [0.4, 0.5) is 0 Å². The topological polar surface area (TPSA) is 63.5 Å². The third kappa shape index (κ3) is 2.34. The summed E-state index contributed by atoms with van der Waals surface area (Å²) in [6.45, 7) is 2.10. The molecule has 4 nitrogen and oxygen atoms in total. The monoisotopic (exact) mass is 255 g/mol. The lowest BCUT2D eigenvalue weighted by atomic mass is 9.94. The molecule has 1 aliphatic rings. The van der Waals surface area contributed by atoms with Gasteiger partial charge in [-0.3, -0.25) is 0 Å². The first-order valence-corrected chi connectivity index (χ1v) is 6.43. The van der Waals surface area contributed by atoms with Crippen molar-refractivity contribution in [3.05, 3.63) is 59.5 Å². The number of nitrogens with one attached hydrogen (secondary N) is 1. The lowest BCUT2D eigenvalue weighted by Gasteiger charge is -2.27. The number of furan rings is 1. The number of aryl methyl sites for hydroxylation is 1. The molecule has 0 amide bonds. The highest BCUT2D eigenvalue weighted by molar-refractivity contribution is 5.79. The molecule has 2 aromatic rings. The maximum Gasteiger partial charge on any atom is 0.189 e. The smallest absolute Gasteiger partial charge is 0.189 e. The Hall–Kier alpha value is -2.23. The highest BCUT2D eigenvalue weighted by atomic mass is 16.3. The first-order chi connectivity index (χ1) is 9.24. The summed E-state index contributed by atoms with van der Waals surface area (Å²) in [6, 6.07) is 12.3. The van der Waals surface area contributed by atoms with E-state index in [0.717, 1.165) is 12.2 Å². The number of hydrogen-bond donors (Lipinski definition) is 2. The molecule has 0 saturated carbocycles. The first kappa shape index (κ1) is 11.8. The Morgan fingerprint density at radius 3 is 2.84 bits per heavy atom. The van der Waals surface area contributed by atoms with Gasteiger partial charge in [-0.15, -0.1) is 0 Å². The molecule has 2 unspecified atom stereocenters. The molecule has 0 aliphatic carbocycles. The van der Waals surface area contributed by atoms with Crippen molar-refractivity contribution in [2.75, 3.05) is 0 Å². The van der Waals surface area contributed by atoms with E-state index in [-0.39, 0.29) is 12.1 Å². The molecule has 3 rings (SSSR count). The third-order valence-corrected chi connectivity index (χ3v) is 3.51. The van der Waals surface area contributed by atoms with Crippen LogP contribution in [0.2, 0.25) is 0 Å². The zero-order chi connectivity index (χ0) is 13.2. The second-order valence-corrected chi connectivity index (χ2v) is 4.83. The summed E-state index contributed by atoms with van der Waals surface area (Å²) in [5.41, 5.74) is 8.37. The molecule has 0 radical (unpaired) electrons. The van der Waals surface area contributed by atoms with Crippen LogP contribution in [-0.2, 0) is 0 Å². The fourth-order valence-corrected chi connectivity index (χ4v) is 2.55. The normalized spacial score (nSPS) is 22.7. The molecule has 0 bridgehead atoms. The van der Waals surface area contributed by atoms with Crippen LogP contribution in [0.1, 0.15) is 35.4 Å². The van der Waals surface area contributed by atoms with Crippen molar-refractivity contribution in [2.24, 2.45) is 10.7 Å². The number of nitrogens with zero attached hydrogens (tertiary/aromatic N) is 1. The zero-order valence-electron chi connectivity index (χ0n) is 10.8. The third-order valence-electron chi connectivity index (χ3n) is 3.51. The SMILES string of the molecule is Cc1ccccc1C1CC(c2ccco2)NC(N)=N1. The predicted molar refractivity (Wildman–Crippen MR) is 74.7 cm³/mol. The van der Waals surface area contributed by atoms with Crippen molar-refractivity contribution in [1.29, 1.82) is 0 Å². The Balaban J connectivity index is 1.91. The van der Waals surface area contributed by atoms with Gasteiger partial charge in [0.2, 0.25) is 0 Å². The van der Waals surface area contributed by atoms with Crippen LogP contribution in [-0.4, -0.2) is 5.96 Å². The molecule has 0 fully saturated rings. The minimum atomic E-state index is 0.0807. The van der Waals surface area contributed by atoms with Crippen molar-refractivity contribution in [3.8, 4) is 0 Å². The summed E-state index contributed by atoms with van der Waals surface area (Å²) >= 11 is 0. The molecule has 19 heavy (non-hydrogen) atoms. The van der Waals surface area contributed by atoms with Gasteiger partial charge in [0.1, 0.15) is 5.76 Å². The Bertz CT molecular complexity index is 589. The lowest BCUT2D eigenvalue weighted by Crippen LogP contribution is -2.39. The number of aliphatic imine (C=N–C) groups is 1. The van der Waals surface area contributed by atoms with Crippen LogP contribution in [0.15, 0.2) is 52.1 Å². The molecule has 2 atom stereocenters. The van der Waals surface area contributed by atoms with E-state index in [2.05, 4.69) is 29.4 Å². The molecule has 4 heteroatoms. The highest BCUT2D eigenvalue weighted by Gasteiger charge is 2.26. The van der Waals surface area contributed by atoms with Crippen molar-refractivity contribution in [1.82, 2.24) is 5.32 Å². The molecule has 98 valence electrons. The van der Waals surface area contributed by atoms with Crippen LogP contribution in [0.5, 0.6) is 0 Å². The first-order valence-electron chi connectivity index (χ1n) is 6.43. The van der Waals surface area contributed by atoms with Crippen LogP contribution in [0, 0.1) is 6.92 Å². The van der Waals surface area contributed by atoms with Gasteiger partial charge in [-0.2, -0.15) is 0 Å². The molecule has 1 aliphatic heterocycles. The van der Waals surface area contributed by atoms with E-state index in [9.17, 15) is 0 Å². The van der Waals surface area contributed by atoms with Crippen LogP contribution < -0.4 is 11.1 Å². The molecule has 3 N–H and O–H groups in total. The van der Waals surface area contributed by atoms with Crippen molar-refractivity contribution >= 4 is 5.96 Å². The summed E-state index contributed by atoms with van der Waals surface area (Å²) in [5.74, 6) is 1.37. The van der Waals surface area contributed by atoms with Gasteiger partial charge >= 0.3 is 0 Å². The van der Waals surface area contributed by atoms with E-state index in [1.807, 2.05) is 24.3 Å². The summed E-state index contributed by atoms with van der Waals surface area (Å²) in [7, 11) is 0. The van der Waals surface area contributed by atoms with E-state index < -0.39 is 0 Å². The maximum absolute atomic E-state index is 5.91. The van der Waals surface area contributed by atoms with Gasteiger partial charge < -0.3 is 15.5 Å². The minimum absolute atomic E-state index is 0.0807. The van der Waals surface area contributed by atoms with E-state index in [1.54, 1.807) is 6.26 Å². The van der Waals surface area contributed by atoms with Crippen molar-refractivity contribution in [3.63, 3.8) is 0 Å². The number of benzene rings is 1. The number of nitrogens with two attached hydrogens (primary N) is 1. The van der Waals surface area contributed by atoms with Gasteiger partial charge in [0.05, 0.1) is 18.3 Å². The summed E-state index contributed by atoms with van der Waals surface area (Å²) in [6.07, 6.45) is 2.53. The van der Waals surface area contributed by atoms with E-state index in [4.69, 9.17) is 10.2 Å². The quantitative estimate of drug-likeness (QED) is 0.867.